The Morgan fingerprint density at radius 1 is 1.21 bits per heavy atom. The van der Waals surface area contributed by atoms with E-state index in [1.54, 1.807) is 0 Å². The number of Topliss-reactive ketones (excluding diaryl/α,β-unsaturated/α-hetero) is 1. The second kappa shape index (κ2) is 10.4. The maximum atomic E-state index is 12.1. The van der Waals surface area contributed by atoms with Crippen molar-refractivity contribution >= 4 is 18.2 Å². The molecular formula is C16H30ClNO. The van der Waals surface area contributed by atoms with E-state index in [0.29, 0.717) is 5.78 Å². The summed E-state index contributed by atoms with van der Waals surface area (Å²) < 4.78 is 0. The molecule has 0 aromatic heterocycles. The number of carbonyl (C=O) groups is 1. The van der Waals surface area contributed by atoms with Crippen molar-refractivity contribution in [3.05, 3.63) is 11.6 Å². The first-order chi connectivity index (χ1) is 8.65. The van der Waals surface area contributed by atoms with Crippen LogP contribution in [-0.4, -0.2) is 31.3 Å². The van der Waals surface area contributed by atoms with Gasteiger partial charge in [0.15, 0.2) is 5.78 Å². The number of halogens is 1. The fraction of sp³-hybridized carbons (Fsp3) is 0.812. The molecule has 112 valence electrons. The van der Waals surface area contributed by atoms with Crippen LogP contribution in [0.25, 0.3) is 0 Å². The molecule has 0 amide bonds. The maximum absolute atomic E-state index is 12.1. The van der Waals surface area contributed by atoms with Gasteiger partial charge in [0.25, 0.3) is 0 Å². The van der Waals surface area contributed by atoms with Crippen molar-refractivity contribution < 1.29 is 4.79 Å². The third-order valence-electron chi connectivity index (χ3n) is 3.73. The summed E-state index contributed by atoms with van der Waals surface area (Å²) in [5.74, 6) is 0.670. The van der Waals surface area contributed by atoms with E-state index in [1.165, 1.54) is 32.1 Å². The summed E-state index contributed by atoms with van der Waals surface area (Å²) in [6.45, 7) is 3.15. The van der Waals surface area contributed by atoms with E-state index in [4.69, 9.17) is 0 Å². The van der Waals surface area contributed by atoms with Crippen molar-refractivity contribution in [2.75, 3.05) is 20.6 Å². The van der Waals surface area contributed by atoms with Crippen molar-refractivity contribution in [1.29, 1.82) is 0 Å². The number of allylic oxidation sites excluding steroid dienone is 2. The van der Waals surface area contributed by atoms with Gasteiger partial charge in [-0.25, -0.2) is 0 Å². The molecule has 0 aromatic carbocycles. The molecule has 1 unspecified atom stereocenters. The summed E-state index contributed by atoms with van der Waals surface area (Å²) in [4.78, 5) is 14.2. The number of nitrogens with zero attached hydrogens (tertiary/aromatic N) is 1. The standard InChI is InChI=1S/C16H29NO.ClH/c1-4-5-6-7-8-9-10-14-11-12-15(16(14)18)13-17(2)3;/h10,15H,4-9,11-13H2,1-3H3;1H/b14-10-;. The largest absolute Gasteiger partial charge is 0.309 e. The summed E-state index contributed by atoms with van der Waals surface area (Å²) >= 11 is 0. The molecule has 1 saturated carbocycles. The number of ketones is 1. The van der Waals surface area contributed by atoms with Gasteiger partial charge in [-0.2, -0.15) is 0 Å². The highest BCUT2D eigenvalue weighted by Gasteiger charge is 2.28. The fourth-order valence-corrected chi connectivity index (χ4v) is 2.69. The Morgan fingerprint density at radius 2 is 1.89 bits per heavy atom. The molecule has 0 radical (unpaired) electrons. The van der Waals surface area contributed by atoms with Gasteiger partial charge in [0.2, 0.25) is 0 Å². The monoisotopic (exact) mass is 287 g/mol. The van der Waals surface area contributed by atoms with E-state index in [-0.39, 0.29) is 18.3 Å². The summed E-state index contributed by atoms with van der Waals surface area (Å²) in [6.07, 6.45) is 11.9. The summed E-state index contributed by atoms with van der Waals surface area (Å²) in [5.41, 5.74) is 1.11. The number of unbranched alkanes of at least 4 members (excludes halogenated alkanes) is 5. The van der Waals surface area contributed by atoms with E-state index >= 15 is 0 Å². The minimum Gasteiger partial charge on any atom is -0.309 e. The minimum atomic E-state index is 0. The van der Waals surface area contributed by atoms with Crippen molar-refractivity contribution in [2.45, 2.75) is 58.3 Å². The Balaban J connectivity index is 0.00000324. The molecule has 1 atom stereocenters. The van der Waals surface area contributed by atoms with Crippen LogP contribution < -0.4 is 0 Å². The minimum absolute atomic E-state index is 0. The molecule has 0 heterocycles. The van der Waals surface area contributed by atoms with Gasteiger partial charge in [0.1, 0.15) is 0 Å². The van der Waals surface area contributed by atoms with Crippen molar-refractivity contribution in [1.82, 2.24) is 4.90 Å². The fourth-order valence-electron chi connectivity index (χ4n) is 2.69. The number of rotatable bonds is 8. The predicted molar refractivity (Wildman–Crippen MR) is 85.0 cm³/mol. The van der Waals surface area contributed by atoms with E-state index in [1.807, 2.05) is 14.1 Å². The lowest BCUT2D eigenvalue weighted by Crippen LogP contribution is -2.24. The van der Waals surface area contributed by atoms with Gasteiger partial charge < -0.3 is 4.90 Å². The first-order valence-corrected chi connectivity index (χ1v) is 7.53. The van der Waals surface area contributed by atoms with E-state index < -0.39 is 0 Å². The first-order valence-electron chi connectivity index (χ1n) is 7.53. The second-order valence-corrected chi connectivity index (χ2v) is 5.79. The Morgan fingerprint density at radius 3 is 2.53 bits per heavy atom. The number of hydrogen-bond acceptors (Lipinski definition) is 2. The predicted octanol–water partition coefficient (Wildman–Crippen LogP) is 4.24. The van der Waals surface area contributed by atoms with Crippen molar-refractivity contribution in [3.63, 3.8) is 0 Å². The highest BCUT2D eigenvalue weighted by molar-refractivity contribution is 5.99. The average Bonchev–Trinajstić information content (AvgIpc) is 2.65. The zero-order chi connectivity index (χ0) is 13.4. The third kappa shape index (κ3) is 7.12. The Hall–Kier alpha value is -0.340. The van der Waals surface area contributed by atoms with Crippen molar-refractivity contribution in [3.8, 4) is 0 Å². The first kappa shape index (κ1) is 18.7. The van der Waals surface area contributed by atoms with Gasteiger partial charge in [-0.1, -0.05) is 38.7 Å². The van der Waals surface area contributed by atoms with Gasteiger partial charge in [0, 0.05) is 12.5 Å². The molecule has 0 N–H and O–H groups in total. The summed E-state index contributed by atoms with van der Waals surface area (Å²) in [7, 11) is 4.09. The van der Waals surface area contributed by atoms with Crippen LogP contribution in [0.2, 0.25) is 0 Å². The van der Waals surface area contributed by atoms with Crippen molar-refractivity contribution in [2.24, 2.45) is 5.92 Å². The lowest BCUT2D eigenvalue weighted by molar-refractivity contribution is -0.118. The lowest BCUT2D eigenvalue weighted by Gasteiger charge is -2.13. The summed E-state index contributed by atoms with van der Waals surface area (Å²) in [6, 6.07) is 0. The number of carbonyl (C=O) groups excluding carboxylic acids is 1. The SMILES string of the molecule is CCCCCCC/C=C1/CCC(CN(C)C)C1=O.Cl. The molecule has 0 aromatic rings. The zero-order valence-corrected chi connectivity index (χ0v) is 13.6. The molecular weight excluding hydrogens is 258 g/mol. The topological polar surface area (TPSA) is 20.3 Å². The van der Waals surface area contributed by atoms with Gasteiger partial charge in [-0.15, -0.1) is 12.4 Å². The highest BCUT2D eigenvalue weighted by Crippen LogP contribution is 2.27. The smallest absolute Gasteiger partial charge is 0.162 e. The van der Waals surface area contributed by atoms with Gasteiger partial charge in [-0.05, 0) is 45.4 Å². The van der Waals surface area contributed by atoms with E-state index in [2.05, 4.69) is 17.9 Å². The molecule has 1 fully saturated rings. The van der Waals surface area contributed by atoms with Gasteiger partial charge in [0.05, 0.1) is 0 Å². The van der Waals surface area contributed by atoms with Crippen LogP contribution in [0.3, 0.4) is 0 Å². The quantitative estimate of drug-likeness (QED) is 0.492. The van der Waals surface area contributed by atoms with E-state index in [9.17, 15) is 4.79 Å². The van der Waals surface area contributed by atoms with Crippen LogP contribution in [-0.2, 0) is 4.79 Å². The third-order valence-corrected chi connectivity index (χ3v) is 3.73. The molecule has 1 rings (SSSR count). The lowest BCUT2D eigenvalue weighted by atomic mass is 10.0. The van der Waals surface area contributed by atoms with Crippen LogP contribution in [0.4, 0.5) is 0 Å². The molecule has 0 bridgehead atoms. The molecule has 1 aliphatic rings. The van der Waals surface area contributed by atoms with Crippen LogP contribution in [0, 0.1) is 5.92 Å². The van der Waals surface area contributed by atoms with Gasteiger partial charge in [-0.3, -0.25) is 4.79 Å². The van der Waals surface area contributed by atoms with Crippen LogP contribution in [0.1, 0.15) is 58.3 Å². The van der Waals surface area contributed by atoms with E-state index in [0.717, 1.165) is 31.4 Å². The van der Waals surface area contributed by atoms with Gasteiger partial charge >= 0.3 is 0 Å². The molecule has 2 nitrogen and oxygen atoms in total. The molecule has 0 aliphatic heterocycles. The maximum Gasteiger partial charge on any atom is 0.162 e. The number of hydrogen-bond donors (Lipinski definition) is 0. The Labute approximate surface area is 125 Å². The molecule has 1 aliphatic carbocycles. The normalized spacial score (nSPS) is 21.2. The average molecular weight is 288 g/mol. The highest BCUT2D eigenvalue weighted by atomic mass is 35.5. The molecule has 3 heteroatoms. The molecule has 0 spiro atoms. The summed E-state index contributed by atoms with van der Waals surface area (Å²) in [5, 5.41) is 0. The van der Waals surface area contributed by atoms with Crippen LogP contribution >= 0.6 is 12.4 Å². The molecule has 0 saturated heterocycles. The van der Waals surface area contributed by atoms with Crippen LogP contribution in [0.15, 0.2) is 11.6 Å². The zero-order valence-electron chi connectivity index (χ0n) is 12.8. The molecule has 19 heavy (non-hydrogen) atoms. The second-order valence-electron chi connectivity index (χ2n) is 5.79. The Bertz CT molecular complexity index is 286. The van der Waals surface area contributed by atoms with Crippen LogP contribution in [0.5, 0.6) is 0 Å². The Kier molecular flexibility index (Phi) is 10.3.